The molecule has 2 aromatic rings. The van der Waals surface area contributed by atoms with Gasteiger partial charge >= 0.3 is 0 Å². The van der Waals surface area contributed by atoms with E-state index in [4.69, 9.17) is 9.26 Å². The van der Waals surface area contributed by atoms with Crippen molar-refractivity contribution >= 4 is 11.3 Å². The zero-order valence-electron chi connectivity index (χ0n) is 15.2. The summed E-state index contributed by atoms with van der Waals surface area (Å²) in [7, 11) is 0. The summed E-state index contributed by atoms with van der Waals surface area (Å²) >= 11 is 1.85. The Morgan fingerprint density at radius 1 is 1.20 bits per heavy atom. The highest BCUT2D eigenvalue weighted by Gasteiger charge is 2.41. The van der Waals surface area contributed by atoms with Gasteiger partial charge in [-0.05, 0) is 38.3 Å². The first kappa shape index (κ1) is 17.2. The third-order valence-corrected chi connectivity index (χ3v) is 6.42. The van der Waals surface area contributed by atoms with Crippen LogP contribution >= 0.6 is 11.3 Å². The van der Waals surface area contributed by atoms with Gasteiger partial charge in [0.2, 0.25) is 0 Å². The Balaban J connectivity index is 1.43. The van der Waals surface area contributed by atoms with Gasteiger partial charge in [-0.1, -0.05) is 11.2 Å². The highest BCUT2D eigenvalue weighted by molar-refractivity contribution is 7.09. The summed E-state index contributed by atoms with van der Waals surface area (Å²) in [4.78, 5) is 6.59. The van der Waals surface area contributed by atoms with E-state index in [9.17, 15) is 0 Å². The van der Waals surface area contributed by atoms with Gasteiger partial charge in [0, 0.05) is 48.6 Å². The maximum absolute atomic E-state index is 6.02. The van der Waals surface area contributed by atoms with Gasteiger partial charge in [0.15, 0.2) is 0 Å². The van der Waals surface area contributed by atoms with E-state index in [1.807, 2.05) is 25.2 Å². The van der Waals surface area contributed by atoms with Crippen molar-refractivity contribution in [3.63, 3.8) is 0 Å². The van der Waals surface area contributed by atoms with Crippen LogP contribution in [0.4, 0.5) is 0 Å². The van der Waals surface area contributed by atoms with Crippen LogP contribution in [0.1, 0.15) is 28.3 Å². The fourth-order valence-electron chi connectivity index (χ4n) is 4.20. The zero-order chi connectivity index (χ0) is 17.3. The number of ether oxygens (including phenoxy) is 1. The molecule has 0 bridgehead atoms. The molecule has 0 N–H and O–H groups in total. The fourth-order valence-corrected chi connectivity index (χ4v) is 4.95. The highest BCUT2D eigenvalue weighted by Crippen LogP contribution is 2.35. The fraction of sp³-hybridized carbons (Fsp3) is 0.632. The molecule has 0 amide bonds. The number of aromatic nitrogens is 1. The Morgan fingerprint density at radius 2 is 2.04 bits per heavy atom. The molecule has 0 aliphatic carbocycles. The summed E-state index contributed by atoms with van der Waals surface area (Å²) in [5, 5.41) is 6.28. The number of nitrogens with zero attached hydrogens (tertiary/aromatic N) is 3. The molecule has 2 saturated heterocycles. The van der Waals surface area contributed by atoms with Crippen LogP contribution in [0.2, 0.25) is 0 Å². The predicted octanol–water partition coefficient (Wildman–Crippen LogP) is 3.08. The Hall–Kier alpha value is -1.21. The van der Waals surface area contributed by atoms with Crippen LogP contribution in [-0.2, 0) is 17.8 Å². The standard InChI is InChI=1S/C19H27N3O2S/c1-15-18(16(2)24-20-15)11-22-7-8-23-14-19(13-22)5-6-21(12-19)10-17-4-3-9-25-17/h3-4,9H,5-8,10-14H2,1-2H3. The third-order valence-electron chi connectivity index (χ3n) is 5.56. The van der Waals surface area contributed by atoms with Gasteiger partial charge in [-0.3, -0.25) is 9.80 Å². The second-order valence-electron chi connectivity index (χ2n) is 7.61. The lowest BCUT2D eigenvalue weighted by Gasteiger charge is -2.32. The summed E-state index contributed by atoms with van der Waals surface area (Å²) in [5.74, 6) is 0.947. The molecular formula is C19H27N3O2S. The Kier molecular flexibility index (Phi) is 4.95. The second kappa shape index (κ2) is 7.19. The summed E-state index contributed by atoms with van der Waals surface area (Å²) in [6, 6.07) is 4.38. The molecule has 0 saturated carbocycles. The minimum absolute atomic E-state index is 0.257. The van der Waals surface area contributed by atoms with E-state index in [1.54, 1.807) is 0 Å². The van der Waals surface area contributed by atoms with E-state index < -0.39 is 0 Å². The van der Waals surface area contributed by atoms with Gasteiger partial charge in [-0.15, -0.1) is 11.3 Å². The van der Waals surface area contributed by atoms with Crippen LogP contribution in [0.15, 0.2) is 22.0 Å². The minimum atomic E-state index is 0.257. The Labute approximate surface area is 153 Å². The third kappa shape index (κ3) is 3.82. The average Bonchev–Trinajstić information content (AvgIpc) is 3.27. The zero-order valence-corrected chi connectivity index (χ0v) is 16.0. The van der Waals surface area contributed by atoms with Gasteiger partial charge in [0.05, 0.1) is 18.9 Å². The maximum Gasteiger partial charge on any atom is 0.138 e. The van der Waals surface area contributed by atoms with E-state index >= 15 is 0 Å². The number of likely N-dealkylation sites (tertiary alicyclic amines) is 1. The molecule has 2 fully saturated rings. The Morgan fingerprint density at radius 3 is 2.76 bits per heavy atom. The van der Waals surface area contributed by atoms with Crippen molar-refractivity contribution in [1.82, 2.24) is 15.0 Å². The number of hydrogen-bond donors (Lipinski definition) is 0. The van der Waals surface area contributed by atoms with E-state index in [0.29, 0.717) is 0 Å². The molecule has 5 nitrogen and oxygen atoms in total. The lowest BCUT2D eigenvalue weighted by molar-refractivity contribution is 0.0707. The van der Waals surface area contributed by atoms with Crippen molar-refractivity contribution in [3.8, 4) is 0 Å². The van der Waals surface area contributed by atoms with Crippen molar-refractivity contribution in [2.24, 2.45) is 5.41 Å². The van der Waals surface area contributed by atoms with Crippen molar-refractivity contribution in [2.45, 2.75) is 33.4 Å². The molecule has 0 radical (unpaired) electrons. The lowest BCUT2D eigenvalue weighted by Crippen LogP contribution is -2.40. The van der Waals surface area contributed by atoms with Crippen LogP contribution < -0.4 is 0 Å². The number of rotatable bonds is 4. The topological polar surface area (TPSA) is 41.7 Å². The van der Waals surface area contributed by atoms with E-state index in [2.05, 4.69) is 32.5 Å². The summed E-state index contributed by atoms with van der Waals surface area (Å²) < 4.78 is 11.4. The predicted molar refractivity (Wildman–Crippen MR) is 98.7 cm³/mol. The number of aryl methyl sites for hydroxylation is 2. The molecule has 4 rings (SSSR count). The first-order valence-corrected chi connectivity index (χ1v) is 9.98. The summed E-state index contributed by atoms with van der Waals surface area (Å²) in [6.45, 7) is 12.1. The molecule has 1 atom stereocenters. The molecule has 25 heavy (non-hydrogen) atoms. The molecule has 136 valence electrons. The second-order valence-corrected chi connectivity index (χ2v) is 8.64. The van der Waals surface area contributed by atoms with Gasteiger partial charge < -0.3 is 9.26 Å². The molecule has 4 heterocycles. The average molecular weight is 362 g/mol. The number of thiophene rings is 1. The van der Waals surface area contributed by atoms with Crippen LogP contribution in [0.25, 0.3) is 0 Å². The molecule has 2 aliphatic heterocycles. The summed E-state index contributed by atoms with van der Waals surface area (Å²) in [6.07, 6.45) is 1.22. The minimum Gasteiger partial charge on any atom is -0.379 e. The van der Waals surface area contributed by atoms with Crippen LogP contribution in [0, 0.1) is 19.3 Å². The van der Waals surface area contributed by atoms with Gasteiger partial charge in [0.25, 0.3) is 0 Å². The largest absolute Gasteiger partial charge is 0.379 e. The van der Waals surface area contributed by atoms with Gasteiger partial charge in [-0.25, -0.2) is 0 Å². The molecule has 1 spiro atoms. The lowest BCUT2D eigenvalue weighted by atomic mass is 9.87. The smallest absolute Gasteiger partial charge is 0.138 e. The molecule has 0 aromatic carbocycles. The summed E-state index contributed by atoms with van der Waals surface area (Å²) in [5.41, 5.74) is 2.51. The van der Waals surface area contributed by atoms with Gasteiger partial charge in [-0.2, -0.15) is 0 Å². The van der Waals surface area contributed by atoms with Crippen molar-refractivity contribution in [1.29, 1.82) is 0 Å². The molecule has 2 aromatic heterocycles. The van der Waals surface area contributed by atoms with Crippen LogP contribution in [-0.4, -0.2) is 54.3 Å². The van der Waals surface area contributed by atoms with E-state index in [-0.39, 0.29) is 5.41 Å². The molecular weight excluding hydrogens is 334 g/mol. The Bertz CT molecular complexity index is 680. The van der Waals surface area contributed by atoms with Crippen LogP contribution in [0.3, 0.4) is 0 Å². The monoisotopic (exact) mass is 361 g/mol. The molecule has 2 aliphatic rings. The SMILES string of the molecule is Cc1noc(C)c1CN1CCOCC2(CCN(Cc3cccs3)C2)C1. The van der Waals surface area contributed by atoms with E-state index in [0.717, 1.165) is 57.4 Å². The highest BCUT2D eigenvalue weighted by atomic mass is 32.1. The van der Waals surface area contributed by atoms with Crippen molar-refractivity contribution in [3.05, 3.63) is 39.4 Å². The van der Waals surface area contributed by atoms with Gasteiger partial charge in [0.1, 0.15) is 5.76 Å². The van der Waals surface area contributed by atoms with Crippen LogP contribution in [0.5, 0.6) is 0 Å². The maximum atomic E-state index is 6.02. The molecule has 6 heteroatoms. The quantitative estimate of drug-likeness (QED) is 0.837. The first-order valence-electron chi connectivity index (χ1n) is 9.10. The number of hydrogen-bond acceptors (Lipinski definition) is 6. The van der Waals surface area contributed by atoms with Crippen molar-refractivity contribution < 1.29 is 9.26 Å². The normalized spacial score (nSPS) is 25.7. The van der Waals surface area contributed by atoms with Crippen molar-refractivity contribution in [2.75, 3.05) is 39.4 Å². The van der Waals surface area contributed by atoms with E-state index in [1.165, 1.54) is 23.4 Å². The first-order chi connectivity index (χ1) is 12.1. The molecule has 1 unspecified atom stereocenters.